The van der Waals surface area contributed by atoms with Crippen molar-refractivity contribution in [2.75, 3.05) is 0 Å². The smallest absolute Gasteiger partial charge is 0.147 e. The maximum Gasteiger partial charge on any atom is 0.147 e. The Morgan fingerprint density at radius 1 is 1.00 bits per heavy atom. The zero-order valence-corrected chi connectivity index (χ0v) is 15.1. The molecule has 0 saturated heterocycles. The van der Waals surface area contributed by atoms with Gasteiger partial charge in [-0.3, -0.25) is 0 Å². The van der Waals surface area contributed by atoms with Crippen molar-refractivity contribution in [3.05, 3.63) is 21.1 Å². The minimum Gasteiger partial charge on any atom is -0.236 e. The third-order valence-electron chi connectivity index (χ3n) is 5.38. The van der Waals surface area contributed by atoms with E-state index in [1.165, 1.54) is 63.5 Å². The van der Waals surface area contributed by atoms with Gasteiger partial charge >= 0.3 is 0 Å². The van der Waals surface area contributed by atoms with Crippen molar-refractivity contribution >= 4 is 27.5 Å². The number of rotatable bonds is 3. The Morgan fingerprint density at radius 2 is 1.67 bits per heavy atom. The molecular formula is C17H24BrClN2. The van der Waals surface area contributed by atoms with Crippen LogP contribution in [0.3, 0.4) is 0 Å². The van der Waals surface area contributed by atoms with E-state index in [4.69, 9.17) is 16.6 Å². The van der Waals surface area contributed by atoms with Crippen molar-refractivity contribution in [3.63, 3.8) is 0 Å². The molecule has 3 rings (SSSR count). The molecule has 0 N–H and O–H groups in total. The summed E-state index contributed by atoms with van der Waals surface area (Å²) in [4.78, 5) is 9.53. The lowest BCUT2D eigenvalue weighted by atomic mass is 9.80. The Morgan fingerprint density at radius 3 is 2.29 bits per heavy atom. The van der Waals surface area contributed by atoms with Gasteiger partial charge in [-0.1, -0.05) is 37.8 Å². The molecular weight excluding hydrogens is 348 g/mol. The summed E-state index contributed by atoms with van der Waals surface area (Å²) in [7, 11) is 0. The standard InChI is InChI=1S/C17H24BrClN2/c1-2-11-7-9-13(10-8-11)17-20-15(12-5-3-4-6-12)14(18)16(19)21-17/h11-13H,2-10H2,1H3. The zero-order valence-electron chi connectivity index (χ0n) is 12.7. The number of halogens is 2. The minimum atomic E-state index is 0.513. The van der Waals surface area contributed by atoms with E-state index < -0.39 is 0 Å². The molecule has 2 aliphatic rings. The van der Waals surface area contributed by atoms with Gasteiger partial charge in [0.25, 0.3) is 0 Å². The summed E-state index contributed by atoms with van der Waals surface area (Å²) in [5.41, 5.74) is 1.17. The second kappa shape index (κ2) is 6.95. The Hall–Kier alpha value is -0.150. The molecule has 116 valence electrons. The van der Waals surface area contributed by atoms with Crippen LogP contribution in [-0.4, -0.2) is 9.97 Å². The van der Waals surface area contributed by atoms with Gasteiger partial charge in [0, 0.05) is 11.8 Å². The highest BCUT2D eigenvalue weighted by atomic mass is 79.9. The largest absolute Gasteiger partial charge is 0.236 e. The Labute approximate surface area is 141 Å². The van der Waals surface area contributed by atoms with Crippen LogP contribution in [0.2, 0.25) is 5.15 Å². The molecule has 4 heteroatoms. The van der Waals surface area contributed by atoms with Crippen LogP contribution in [0.15, 0.2) is 4.47 Å². The third-order valence-corrected chi connectivity index (χ3v) is 6.67. The summed E-state index contributed by atoms with van der Waals surface area (Å²) < 4.78 is 0.932. The second-order valence-corrected chi connectivity index (χ2v) is 7.83. The van der Waals surface area contributed by atoms with E-state index in [0.717, 1.165) is 16.2 Å². The first-order valence-electron chi connectivity index (χ1n) is 8.41. The fraction of sp³-hybridized carbons (Fsp3) is 0.765. The molecule has 21 heavy (non-hydrogen) atoms. The SMILES string of the molecule is CCC1CCC(c2nc(Cl)c(Br)c(C3CCCC3)n2)CC1. The summed E-state index contributed by atoms with van der Waals surface area (Å²) in [6.07, 6.45) is 11.5. The van der Waals surface area contributed by atoms with Crippen molar-refractivity contribution in [2.45, 2.75) is 76.5 Å². The van der Waals surface area contributed by atoms with Crippen molar-refractivity contribution in [2.24, 2.45) is 5.92 Å². The quantitative estimate of drug-likeness (QED) is 0.588. The van der Waals surface area contributed by atoms with E-state index in [1.54, 1.807) is 0 Å². The normalized spacial score (nSPS) is 27.2. The molecule has 0 radical (unpaired) electrons. The molecule has 0 unspecified atom stereocenters. The van der Waals surface area contributed by atoms with Gasteiger partial charge < -0.3 is 0 Å². The van der Waals surface area contributed by atoms with E-state index in [9.17, 15) is 0 Å². The van der Waals surface area contributed by atoms with Crippen LogP contribution in [0.5, 0.6) is 0 Å². The highest BCUT2D eigenvalue weighted by molar-refractivity contribution is 9.10. The fourth-order valence-electron chi connectivity index (χ4n) is 3.93. The van der Waals surface area contributed by atoms with Gasteiger partial charge in [0.15, 0.2) is 0 Å². The molecule has 2 aliphatic carbocycles. The van der Waals surface area contributed by atoms with Gasteiger partial charge in [0.2, 0.25) is 0 Å². The van der Waals surface area contributed by atoms with Gasteiger partial charge in [0.1, 0.15) is 11.0 Å². The topological polar surface area (TPSA) is 25.8 Å². The number of nitrogens with zero attached hydrogens (tertiary/aromatic N) is 2. The van der Waals surface area contributed by atoms with Crippen LogP contribution < -0.4 is 0 Å². The lowest BCUT2D eigenvalue weighted by Crippen LogP contribution is -2.16. The monoisotopic (exact) mass is 370 g/mol. The summed E-state index contributed by atoms with van der Waals surface area (Å²) in [5.74, 6) is 2.99. The van der Waals surface area contributed by atoms with Crippen molar-refractivity contribution in [1.29, 1.82) is 0 Å². The molecule has 2 fully saturated rings. The molecule has 1 aromatic heterocycles. The van der Waals surface area contributed by atoms with E-state index >= 15 is 0 Å². The highest BCUT2D eigenvalue weighted by Gasteiger charge is 2.27. The van der Waals surface area contributed by atoms with Crippen LogP contribution in [0.1, 0.15) is 88.1 Å². The second-order valence-electron chi connectivity index (χ2n) is 6.68. The van der Waals surface area contributed by atoms with Crippen molar-refractivity contribution < 1.29 is 0 Å². The minimum absolute atomic E-state index is 0.513. The maximum absolute atomic E-state index is 6.37. The molecule has 0 bridgehead atoms. The van der Waals surface area contributed by atoms with Gasteiger partial charge in [-0.05, 0) is 60.4 Å². The van der Waals surface area contributed by atoms with Crippen molar-refractivity contribution in [3.8, 4) is 0 Å². The number of hydrogen-bond donors (Lipinski definition) is 0. The van der Waals surface area contributed by atoms with Crippen LogP contribution in [-0.2, 0) is 0 Å². The first-order chi connectivity index (χ1) is 10.2. The van der Waals surface area contributed by atoms with E-state index in [1.807, 2.05) is 0 Å². The van der Waals surface area contributed by atoms with Crippen molar-refractivity contribution in [1.82, 2.24) is 9.97 Å². The molecule has 0 amide bonds. The lowest BCUT2D eigenvalue weighted by molar-refractivity contribution is 0.311. The summed E-state index contributed by atoms with van der Waals surface area (Å²) in [6, 6.07) is 0. The first kappa shape index (κ1) is 15.7. The average molecular weight is 372 g/mol. The molecule has 0 spiro atoms. The molecule has 2 saturated carbocycles. The highest BCUT2D eigenvalue weighted by Crippen LogP contribution is 2.41. The van der Waals surface area contributed by atoms with Gasteiger partial charge in [-0.15, -0.1) is 0 Å². The van der Waals surface area contributed by atoms with Gasteiger partial charge in [-0.2, -0.15) is 0 Å². The fourth-order valence-corrected chi connectivity index (χ4v) is 4.62. The van der Waals surface area contributed by atoms with Crippen LogP contribution in [0, 0.1) is 5.92 Å². The molecule has 0 aromatic carbocycles. The molecule has 0 atom stereocenters. The Kier molecular flexibility index (Phi) is 5.21. The predicted octanol–water partition coefficient (Wildman–Crippen LogP) is 6.23. The average Bonchev–Trinajstić information content (AvgIpc) is 3.04. The maximum atomic E-state index is 6.37. The van der Waals surface area contributed by atoms with Crippen LogP contribution in [0.25, 0.3) is 0 Å². The van der Waals surface area contributed by atoms with E-state index in [-0.39, 0.29) is 0 Å². The molecule has 2 nitrogen and oxygen atoms in total. The van der Waals surface area contributed by atoms with Gasteiger partial charge in [-0.25, -0.2) is 9.97 Å². The summed E-state index contributed by atoms with van der Waals surface area (Å²) in [6.45, 7) is 2.30. The zero-order chi connectivity index (χ0) is 14.8. The third kappa shape index (κ3) is 3.44. The van der Waals surface area contributed by atoms with Crippen LogP contribution in [0.4, 0.5) is 0 Å². The Balaban J connectivity index is 1.82. The lowest BCUT2D eigenvalue weighted by Gasteiger charge is -2.27. The van der Waals surface area contributed by atoms with Gasteiger partial charge in [0.05, 0.1) is 10.2 Å². The molecule has 0 aliphatic heterocycles. The van der Waals surface area contributed by atoms with E-state index in [2.05, 4.69) is 27.8 Å². The number of hydrogen-bond acceptors (Lipinski definition) is 2. The van der Waals surface area contributed by atoms with E-state index in [0.29, 0.717) is 17.0 Å². The predicted molar refractivity (Wildman–Crippen MR) is 90.9 cm³/mol. The summed E-state index contributed by atoms with van der Waals surface area (Å²) >= 11 is 9.99. The Bertz CT molecular complexity index is 492. The molecule has 1 aromatic rings. The first-order valence-corrected chi connectivity index (χ1v) is 9.59. The molecule has 1 heterocycles. The summed E-state index contributed by atoms with van der Waals surface area (Å²) in [5, 5.41) is 0.611. The van der Waals surface area contributed by atoms with Crippen LogP contribution >= 0.6 is 27.5 Å². The number of aromatic nitrogens is 2.